The molecule has 2 aromatic heterocycles. The standard InChI is InChI=1S/C18H14FNO3S2/c1-23-18(22)15-9-8-14(25-15)17(21)20-16(13-3-2-10-24-13)11-4-6-12(19)7-5-11/h2-10,16H,1H3,(H,20,21). The maximum atomic E-state index is 13.2. The Hall–Kier alpha value is -2.51. The molecule has 0 bridgehead atoms. The van der Waals surface area contributed by atoms with Gasteiger partial charge in [-0.1, -0.05) is 18.2 Å². The van der Waals surface area contributed by atoms with E-state index >= 15 is 0 Å². The highest BCUT2D eigenvalue weighted by Crippen LogP contribution is 2.27. The minimum absolute atomic E-state index is 0.303. The molecule has 3 rings (SSSR count). The number of amides is 1. The highest BCUT2D eigenvalue weighted by atomic mass is 32.1. The summed E-state index contributed by atoms with van der Waals surface area (Å²) in [6, 6.07) is 12.6. The van der Waals surface area contributed by atoms with Gasteiger partial charge in [0.15, 0.2) is 0 Å². The molecule has 25 heavy (non-hydrogen) atoms. The number of esters is 1. The van der Waals surface area contributed by atoms with Crippen molar-refractivity contribution in [1.29, 1.82) is 0 Å². The van der Waals surface area contributed by atoms with E-state index in [1.54, 1.807) is 24.3 Å². The van der Waals surface area contributed by atoms with Crippen LogP contribution < -0.4 is 5.32 Å². The van der Waals surface area contributed by atoms with E-state index in [0.717, 1.165) is 21.8 Å². The van der Waals surface area contributed by atoms with E-state index in [9.17, 15) is 14.0 Å². The van der Waals surface area contributed by atoms with Crippen LogP contribution in [0.5, 0.6) is 0 Å². The summed E-state index contributed by atoms with van der Waals surface area (Å²) in [6.45, 7) is 0. The zero-order chi connectivity index (χ0) is 17.8. The molecule has 7 heteroatoms. The Morgan fingerprint density at radius 3 is 2.44 bits per heavy atom. The van der Waals surface area contributed by atoms with Crippen molar-refractivity contribution >= 4 is 34.6 Å². The summed E-state index contributed by atoms with van der Waals surface area (Å²) in [5.41, 5.74) is 0.780. The minimum Gasteiger partial charge on any atom is -0.465 e. The molecule has 0 spiro atoms. The van der Waals surface area contributed by atoms with Gasteiger partial charge in [0.05, 0.1) is 18.0 Å². The molecule has 0 saturated heterocycles. The summed E-state index contributed by atoms with van der Waals surface area (Å²) in [5.74, 6) is -1.11. The molecular weight excluding hydrogens is 361 g/mol. The fourth-order valence-corrected chi connectivity index (χ4v) is 3.93. The van der Waals surface area contributed by atoms with E-state index in [2.05, 4.69) is 10.1 Å². The van der Waals surface area contributed by atoms with Gasteiger partial charge in [-0.2, -0.15) is 0 Å². The van der Waals surface area contributed by atoms with Crippen LogP contribution in [0.25, 0.3) is 0 Å². The average Bonchev–Trinajstić information content (AvgIpc) is 3.31. The fourth-order valence-electron chi connectivity index (χ4n) is 2.30. The number of thiophene rings is 2. The molecule has 128 valence electrons. The summed E-state index contributed by atoms with van der Waals surface area (Å²) in [7, 11) is 1.29. The monoisotopic (exact) mass is 375 g/mol. The highest BCUT2D eigenvalue weighted by Gasteiger charge is 2.21. The van der Waals surface area contributed by atoms with Crippen molar-refractivity contribution in [1.82, 2.24) is 5.32 Å². The van der Waals surface area contributed by atoms with Gasteiger partial charge in [-0.25, -0.2) is 9.18 Å². The maximum absolute atomic E-state index is 13.2. The van der Waals surface area contributed by atoms with Gasteiger partial charge in [0.1, 0.15) is 10.7 Å². The van der Waals surface area contributed by atoms with E-state index in [1.807, 2.05) is 17.5 Å². The van der Waals surface area contributed by atoms with E-state index < -0.39 is 12.0 Å². The number of hydrogen-bond acceptors (Lipinski definition) is 5. The van der Waals surface area contributed by atoms with Crippen molar-refractivity contribution in [3.8, 4) is 0 Å². The number of carbonyl (C=O) groups excluding carboxylic acids is 2. The second-order valence-electron chi connectivity index (χ2n) is 5.13. The van der Waals surface area contributed by atoms with Crippen LogP contribution in [0.15, 0.2) is 53.9 Å². The topological polar surface area (TPSA) is 55.4 Å². The van der Waals surface area contributed by atoms with Gasteiger partial charge in [-0.15, -0.1) is 22.7 Å². The maximum Gasteiger partial charge on any atom is 0.348 e. The van der Waals surface area contributed by atoms with Gasteiger partial charge < -0.3 is 10.1 Å². The van der Waals surface area contributed by atoms with Crippen LogP contribution in [0.4, 0.5) is 4.39 Å². The molecule has 1 aromatic carbocycles. The zero-order valence-electron chi connectivity index (χ0n) is 13.2. The van der Waals surface area contributed by atoms with Crippen molar-refractivity contribution < 1.29 is 18.7 Å². The fraction of sp³-hybridized carbons (Fsp3) is 0.111. The lowest BCUT2D eigenvalue weighted by atomic mass is 10.1. The van der Waals surface area contributed by atoms with Gasteiger partial charge in [-0.05, 0) is 41.3 Å². The smallest absolute Gasteiger partial charge is 0.348 e. The Morgan fingerprint density at radius 1 is 1.08 bits per heavy atom. The van der Waals surface area contributed by atoms with Crippen LogP contribution >= 0.6 is 22.7 Å². The molecule has 0 aliphatic carbocycles. The second kappa shape index (κ2) is 7.58. The molecule has 0 saturated carbocycles. The molecule has 1 unspecified atom stereocenters. The van der Waals surface area contributed by atoms with Crippen LogP contribution in [0.3, 0.4) is 0 Å². The predicted octanol–water partition coefficient (Wildman–Crippen LogP) is 4.25. The van der Waals surface area contributed by atoms with Crippen molar-refractivity contribution in [2.24, 2.45) is 0 Å². The third kappa shape index (κ3) is 3.94. The summed E-state index contributed by atoms with van der Waals surface area (Å²) in [4.78, 5) is 25.8. The highest BCUT2D eigenvalue weighted by molar-refractivity contribution is 7.15. The average molecular weight is 375 g/mol. The third-order valence-electron chi connectivity index (χ3n) is 3.52. The Kier molecular flexibility index (Phi) is 5.25. The lowest BCUT2D eigenvalue weighted by Gasteiger charge is -2.17. The number of halogens is 1. The van der Waals surface area contributed by atoms with Crippen LogP contribution in [-0.2, 0) is 4.74 Å². The number of rotatable bonds is 5. The first-order valence-electron chi connectivity index (χ1n) is 7.36. The summed E-state index contributed by atoms with van der Waals surface area (Å²) in [5, 5.41) is 4.86. The van der Waals surface area contributed by atoms with Crippen LogP contribution in [0.2, 0.25) is 0 Å². The molecule has 4 nitrogen and oxygen atoms in total. The van der Waals surface area contributed by atoms with E-state index in [0.29, 0.717) is 9.75 Å². The molecule has 0 aliphatic rings. The van der Waals surface area contributed by atoms with Crippen molar-refractivity contribution in [2.45, 2.75) is 6.04 Å². The quantitative estimate of drug-likeness (QED) is 0.678. The molecule has 2 heterocycles. The number of benzene rings is 1. The lowest BCUT2D eigenvalue weighted by Crippen LogP contribution is -2.28. The van der Waals surface area contributed by atoms with Gasteiger partial charge in [0, 0.05) is 4.88 Å². The van der Waals surface area contributed by atoms with Crippen LogP contribution in [0.1, 0.15) is 35.8 Å². The summed E-state index contributed by atoms with van der Waals surface area (Å²) >= 11 is 2.57. The first-order chi connectivity index (χ1) is 12.1. The molecule has 1 N–H and O–H groups in total. The molecular formula is C18H14FNO3S2. The zero-order valence-corrected chi connectivity index (χ0v) is 14.8. The number of hydrogen-bond donors (Lipinski definition) is 1. The molecule has 1 amide bonds. The number of methoxy groups -OCH3 is 1. The molecule has 0 aliphatic heterocycles. The van der Waals surface area contributed by atoms with Gasteiger partial charge in [0.2, 0.25) is 0 Å². The first-order valence-corrected chi connectivity index (χ1v) is 9.06. The largest absolute Gasteiger partial charge is 0.465 e. The number of nitrogens with one attached hydrogen (secondary N) is 1. The van der Waals surface area contributed by atoms with Crippen molar-refractivity contribution in [3.05, 3.63) is 79.9 Å². The summed E-state index contributed by atoms with van der Waals surface area (Å²) in [6.07, 6.45) is 0. The Labute approximate surface area is 151 Å². The van der Waals surface area contributed by atoms with Gasteiger partial charge in [0.25, 0.3) is 5.91 Å². The molecule has 0 radical (unpaired) electrons. The minimum atomic E-state index is -0.475. The normalized spacial score (nSPS) is 11.8. The second-order valence-corrected chi connectivity index (χ2v) is 7.19. The first kappa shape index (κ1) is 17.3. The lowest BCUT2D eigenvalue weighted by molar-refractivity contribution is 0.0606. The van der Waals surface area contributed by atoms with Gasteiger partial charge >= 0.3 is 5.97 Å². The van der Waals surface area contributed by atoms with E-state index in [4.69, 9.17) is 0 Å². The molecule has 0 fully saturated rings. The van der Waals surface area contributed by atoms with Crippen LogP contribution in [-0.4, -0.2) is 19.0 Å². The van der Waals surface area contributed by atoms with E-state index in [-0.39, 0.29) is 11.7 Å². The third-order valence-corrected chi connectivity index (χ3v) is 5.52. The molecule has 3 aromatic rings. The van der Waals surface area contributed by atoms with E-state index in [1.165, 1.54) is 30.6 Å². The number of ether oxygens (including phenoxy) is 1. The van der Waals surface area contributed by atoms with Crippen LogP contribution in [0, 0.1) is 5.82 Å². The Bertz CT molecular complexity index is 872. The molecule has 1 atom stereocenters. The number of carbonyl (C=O) groups is 2. The summed E-state index contributed by atoms with van der Waals surface area (Å²) < 4.78 is 17.9. The van der Waals surface area contributed by atoms with Crippen molar-refractivity contribution in [2.75, 3.05) is 7.11 Å². The Balaban J connectivity index is 1.85. The Morgan fingerprint density at radius 2 is 1.80 bits per heavy atom. The predicted molar refractivity (Wildman–Crippen MR) is 95.7 cm³/mol. The SMILES string of the molecule is COC(=O)c1ccc(C(=O)NC(c2ccc(F)cc2)c2cccs2)s1. The van der Waals surface area contributed by atoms with Crippen molar-refractivity contribution in [3.63, 3.8) is 0 Å². The van der Waals surface area contributed by atoms with Gasteiger partial charge in [-0.3, -0.25) is 4.79 Å².